The molecule has 2 aromatic heterocycles. The molecule has 0 aliphatic carbocycles. The second-order valence-electron chi connectivity index (χ2n) is 6.14. The minimum atomic E-state index is -0.238. The number of piperidine rings is 1. The number of benzene rings is 1. The van der Waals surface area contributed by atoms with Crippen LogP contribution in [0.4, 0.5) is 9.52 Å². The lowest BCUT2D eigenvalue weighted by Gasteiger charge is -2.31. The van der Waals surface area contributed by atoms with E-state index in [0.717, 1.165) is 34.4 Å². The Hall–Kier alpha value is -1.99. The van der Waals surface area contributed by atoms with E-state index in [-0.39, 0.29) is 5.82 Å². The second-order valence-corrected chi connectivity index (χ2v) is 7.10. The summed E-state index contributed by atoms with van der Waals surface area (Å²) >= 11 is 1.56. The molecular weight excluding hydrogens is 325 g/mol. The van der Waals surface area contributed by atoms with Crippen LogP contribution in [0, 0.1) is 5.82 Å². The third kappa shape index (κ3) is 3.14. The lowest BCUT2D eigenvalue weighted by Crippen LogP contribution is -2.41. The van der Waals surface area contributed by atoms with Gasteiger partial charge in [0, 0.05) is 18.2 Å². The number of nitrogens with one attached hydrogen (secondary N) is 1. The molecule has 1 aromatic carbocycles. The quantitative estimate of drug-likeness (QED) is 0.786. The van der Waals surface area contributed by atoms with Gasteiger partial charge < -0.3 is 10.2 Å². The number of likely N-dealkylation sites (N-methyl/N-ethyl adjacent to an activating group) is 1. The molecule has 0 bridgehead atoms. The fourth-order valence-corrected chi connectivity index (χ4v) is 4.01. The highest BCUT2D eigenvalue weighted by atomic mass is 32.1. The number of fused-ring (bicyclic) bond motifs is 1. The van der Waals surface area contributed by atoms with E-state index in [1.807, 2.05) is 6.20 Å². The summed E-state index contributed by atoms with van der Waals surface area (Å²) in [7, 11) is 0. The van der Waals surface area contributed by atoms with Crippen molar-refractivity contribution < 1.29 is 4.39 Å². The summed E-state index contributed by atoms with van der Waals surface area (Å²) in [4.78, 5) is 7.92. The molecule has 0 radical (unpaired) electrons. The van der Waals surface area contributed by atoms with Gasteiger partial charge in [-0.05, 0) is 50.2 Å². The first-order valence-corrected chi connectivity index (χ1v) is 9.14. The molecule has 1 atom stereocenters. The Kier molecular flexibility index (Phi) is 4.20. The first-order valence-electron chi connectivity index (χ1n) is 8.32. The van der Waals surface area contributed by atoms with Crippen molar-refractivity contribution in [3.05, 3.63) is 36.3 Å². The highest BCUT2D eigenvalue weighted by Gasteiger charge is 2.20. The zero-order valence-electron chi connectivity index (χ0n) is 13.6. The van der Waals surface area contributed by atoms with Gasteiger partial charge in [-0.2, -0.15) is 0 Å². The monoisotopic (exact) mass is 345 g/mol. The van der Waals surface area contributed by atoms with E-state index in [1.165, 1.54) is 31.5 Å². The second kappa shape index (κ2) is 6.49. The molecule has 1 aliphatic heterocycles. The van der Waals surface area contributed by atoms with Gasteiger partial charge in [-0.25, -0.2) is 13.9 Å². The Morgan fingerprint density at radius 1 is 1.33 bits per heavy atom. The van der Waals surface area contributed by atoms with Gasteiger partial charge in [0.1, 0.15) is 5.82 Å². The van der Waals surface area contributed by atoms with E-state index >= 15 is 0 Å². The van der Waals surface area contributed by atoms with Gasteiger partial charge in [0.25, 0.3) is 0 Å². The number of hydrogen-bond donors (Lipinski definition) is 1. The summed E-state index contributed by atoms with van der Waals surface area (Å²) in [6.07, 6.45) is 4.30. The van der Waals surface area contributed by atoms with Gasteiger partial charge in [-0.15, -0.1) is 5.10 Å². The SMILES string of the molecule is CCN1CCCC(Nc2nn3cc(-c4ccc(F)cc4)nc3s2)C1. The zero-order valence-corrected chi connectivity index (χ0v) is 14.4. The molecule has 3 heterocycles. The largest absolute Gasteiger partial charge is 0.356 e. The summed E-state index contributed by atoms with van der Waals surface area (Å²) in [5, 5.41) is 9.04. The zero-order chi connectivity index (χ0) is 16.5. The minimum absolute atomic E-state index is 0.238. The first-order chi connectivity index (χ1) is 11.7. The maximum absolute atomic E-state index is 13.0. The van der Waals surface area contributed by atoms with Crippen LogP contribution in [-0.2, 0) is 0 Å². The van der Waals surface area contributed by atoms with E-state index < -0.39 is 0 Å². The van der Waals surface area contributed by atoms with E-state index in [0.29, 0.717) is 6.04 Å². The number of nitrogens with zero attached hydrogens (tertiary/aromatic N) is 4. The number of imidazole rings is 1. The predicted octanol–water partition coefficient (Wildman–Crippen LogP) is 3.49. The van der Waals surface area contributed by atoms with Gasteiger partial charge in [0.05, 0.1) is 11.9 Å². The van der Waals surface area contributed by atoms with Crippen molar-refractivity contribution in [2.24, 2.45) is 0 Å². The maximum Gasteiger partial charge on any atom is 0.214 e. The molecule has 7 heteroatoms. The van der Waals surface area contributed by atoms with E-state index in [1.54, 1.807) is 28.0 Å². The molecule has 3 aromatic rings. The Morgan fingerprint density at radius 3 is 2.92 bits per heavy atom. The smallest absolute Gasteiger partial charge is 0.214 e. The van der Waals surface area contributed by atoms with E-state index in [9.17, 15) is 4.39 Å². The maximum atomic E-state index is 13.0. The summed E-state index contributed by atoms with van der Waals surface area (Å²) in [6, 6.07) is 6.83. The summed E-state index contributed by atoms with van der Waals surface area (Å²) in [5.41, 5.74) is 1.71. The molecule has 24 heavy (non-hydrogen) atoms. The molecule has 4 rings (SSSR count). The average Bonchev–Trinajstić information content (AvgIpc) is 3.14. The van der Waals surface area contributed by atoms with Crippen molar-refractivity contribution in [1.82, 2.24) is 19.5 Å². The van der Waals surface area contributed by atoms with E-state index in [4.69, 9.17) is 0 Å². The van der Waals surface area contributed by atoms with Crippen molar-refractivity contribution in [2.75, 3.05) is 25.0 Å². The van der Waals surface area contributed by atoms with Crippen molar-refractivity contribution >= 4 is 21.4 Å². The summed E-state index contributed by atoms with van der Waals surface area (Å²) < 4.78 is 14.8. The lowest BCUT2D eigenvalue weighted by molar-refractivity contribution is 0.227. The van der Waals surface area contributed by atoms with Gasteiger partial charge in [0.2, 0.25) is 10.1 Å². The fraction of sp³-hybridized carbons (Fsp3) is 0.412. The van der Waals surface area contributed by atoms with Crippen LogP contribution in [0.3, 0.4) is 0 Å². The minimum Gasteiger partial charge on any atom is -0.356 e. The van der Waals surface area contributed by atoms with Crippen LogP contribution >= 0.6 is 11.3 Å². The van der Waals surface area contributed by atoms with Crippen LogP contribution < -0.4 is 5.32 Å². The fourth-order valence-electron chi connectivity index (χ4n) is 3.15. The topological polar surface area (TPSA) is 45.5 Å². The predicted molar refractivity (Wildman–Crippen MR) is 95.0 cm³/mol. The highest BCUT2D eigenvalue weighted by molar-refractivity contribution is 7.20. The van der Waals surface area contributed by atoms with Crippen molar-refractivity contribution in [3.8, 4) is 11.3 Å². The van der Waals surface area contributed by atoms with Gasteiger partial charge in [-0.1, -0.05) is 18.3 Å². The molecule has 1 unspecified atom stereocenters. The number of halogens is 1. The van der Waals surface area contributed by atoms with Crippen molar-refractivity contribution in [1.29, 1.82) is 0 Å². The standard InChI is InChI=1S/C17H20FN5S/c1-2-22-9-3-4-14(10-22)19-16-21-23-11-15(20-17(23)24-16)12-5-7-13(18)8-6-12/h5-8,11,14H,2-4,9-10H2,1H3,(H,19,21). The number of rotatable bonds is 4. The van der Waals surface area contributed by atoms with Gasteiger partial charge >= 0.3 is 0 Å². The molecule has 1 N–H and O–H groups in total. The number of aromatic nitrogens is 3. The Bertz CT molecular complexity index is 794. The van der Waals surface area contributed by atoms with Crippen LogP contribution in [0.15, 0.2) is 30.5 Å². The molecule has 1 aliphatic rings. The van der Waals surface area contributed by atoms with Crippen LogP contribution in [-0.4, -0.2) is 45.2 Å². The molecular formula is C17H20FN5S. The molecule has 126 valence electrons. The number of anilines is 1. The molecule has 0 spiro atoms. The molecule has 1 fully saturated rings. The Balaban J connectivity index is 1.50. The number of likely N-dealkylation sites (tertiary alicyclic amines) is 1. The van der Waals surface area contributed by atoms with Crippen LogP contribution in [0.2, 0.25) is 0 Å². The van der Waals surface area contributed by atoms with Crippen LogP contribution in [0.1, 0.15) is 19.8 Å². The summed E-state index contributed by atoms with van der Waals surface area (Å²) in [5.74, 6) is -0.238. The average molecular weight is 345 g/mol. The van der Waals surface area contributed by atoms with Crippen LogP contribution in [0.5, 0.6) is 0 Å². The van der Waals surface area contributed by atoms with Crippen molar-refractivity contribution in [2.45, 2.75) is 25.8 Å². The normalized spacial score (nSPS) is 19.0. The molecule has 5 nitrogen and oxygen atoms in total. The van der Waals surface area contributed by atoms with Crippen LogP contribution in [0.25, 0.3) is 16.2 Å². The van der Waals surface area contributed by atoms with E-state index in [2.05, 4.69) is 27.2 Å². The molecule has 0 amide bonds. The van der Waals surface area contributed by atoms with Crippen molar-refractivity contribution in [3.63, 3.8) is 0 Å². The van der Waals surface area contributed by atoms with Gasteiger partial charge in [0.15, 0.2) is 0 Å². The highest BCUT2D eigenvalue weighted by Crippen LogP contribution is 2.26. The Morgan fingerprint density at radius 2 is 2.17 bits per heavy atom. The molecule has 0 saturated carbocycles. The third-order valence-electron chi connectivity index (χ3n) is 4.46. The summed E-state index contributed by atoms with van der Waals surface area (Å²) in [6.45, 7) is 5.56. The third-order valence-corrected chi connectivity index (χ3v) is 5.32. The Labute approximate surface area is 144 Å². The molecule has 1 saturated heterocycles. The lowest BCUT2D eigenvalue weighted by atomic mass is 10.1. The number of hydrogen-bond acceptors (Lipinski definition) is 5. The first kappa shape index (κ1) is 15.5. The van der Waals surface area contributed by atoms with Gasteiger partial charge in [-0.3, -0.25) is 0 Å².